The fourth-order valence-electron chi connectivity index (χ4n) is 3.21. The molecule has 1 aliphatic heterocycles. The summed E-state index contributed by atoms with van der Waals surface area (Å²) in [7, 11) is 0. The summed E-state index contributed by atoms with van der Waals surface area (Å²) in [6, 6.07) is 15.2. The molecule has 0 aliphatic carbocycles. The normalized spacial score (nSPS) is 15.4. The van der Waals surface area contributed by atoms with Gasteiger partial charge >= 0.3 is 0 Å². The van der Waals surface area contributed by atoms with Crippen molar-refractivity contribution in [3.05, 3.63) is 54.1 Å². The van der Waals surface area contributed by atoms with E-state index in [1.807, 2.05) is 48.5 Å². The van der Waals surface area contributed by atoms with Crippen LogP contribution in [0, 0.1) is 0 Å². The highest BCUT2D eigenvalue weighted by Gasteiger charge is 2.30. The van der Waals surface area contributed by atoms with Crippen LogP contribution in [0.2, 0.25) is 0 Å². The van der Waals surface area contributed by atoms with E-state index in [2.05, 4.69) is 10.2 Å². The van der Waals surface area contributed by atoms with Gasteiger partial charge in [0.05, 0.1) is 10.2 Å². The average Bonchev–Trinajstić information content (AvgIpc) is 3.31. The third-order valence-electron chi connectivity index (χ3n) is 4.86. The number of rotatable bonds is 4. The minimum atomic E-state index is -1.09. The highest BCUT2D eigenvalue weighted by Crippen LogP contribution is 2.32. The van der Waals surface area contributed by atoms with Crippen molar-refractivity contribution in [1.82, 2.24) is 4.98 Å². The van der Waals surface area contributed by atoms with E-state index in [4.69, 9.17) is 10.7 Å². The number of thiazole rings is 1. The van der Waals surface area contributed by atoms with Crippen LogP contribution in [0.25, 0.3) is 10.2 Å². The molecule has 5 nitrogen and oxygen atoms in total. The van der Waals surface area contributed by atoms with Gasteiger partial charge in [0.2, 0.25) is 5.91 Å². The van der Waals surface area contributed by atoms with E-state index < -0.39 is 5.54 Å². The molecule has 150 valence electrons. The predicted octanol–water partition coefficient (Wildman–Crippen LogP) is 4.55. The number of amides is 1. The topological polar surface area (TPSA) is 71.2 Å². The van der Waals surface area contributed by atoms with Crippen LogP contribution < -0.4 is 16.0 Å². The van der Waals surface area contributed by atoms with E-state index >= 15 is 0 Å². The van der Waals surface area contributed by atoms with Gasteiger partial charge in [-0.1, -0.05) is 41.7 Å². The van der Waals surface area contributed by atoms with Crippen LogP contribution in [-0.2, 0) is 10.3 Å². The van der Waals surface area contributed by atoms with Crippen LogP contribution in [0.1, 0.15) is 25.3 Å². The minimum absolute atomic E-state index is 0. The largest absolute Gasteiger partial charge is 0.348 e. The molecule has 1 saturated heterocycles. The molecule has 0 radical (unpaired) electrons. The lowest BCUT2D eigenvalue weighted by Gasteiger charge is -2.24. The molecule has 4 rings (SSSR count). The summed E-state index contributed by atoms with van der Waals surface area (Å²) in [6.45, 7) is 3.88. The molecule has 2 heterocycles. The second-order valence-corrected chi connectivity index (χ2v) is 7.90. The Labute approximate surface area is 181 Å². The van der Waals surface area contributed by atoms with E-state index in [0.29, 0.717) is 0 Å². The molecule has 3 N–H and O–H groups in total. The van der Waals surface area contributed by atoms with Gasteiger partial charge in [-0.2, -0.15) is 0 Å². The van der Waals surface area contributed by atoms with Crippen molar-refractivity contribution in [3.63, 3.8) is 0 Å². The molecular weight excluding hydrogens is 415 g/mol. The molecule has 1 fully saturated rings. The van der Waals surface area contributed by atoms with Gasteiger partial charge in [-0.25, -0.2) is 4.98 Å². The summed E-state index contributed by atoms with van der Waals surface area (Å²) in [5.74, 6) is -0.229. The molecule has 1 atom stereocenters. The van der Waals surface area contributed by atoms with Crippen molar-refractivity contribution in [2.24, 2.45) is 5.73 Å². The lowest BCUT2D eigenvalue weighted by atomic mass is 9.92. The van der Waals surface area contributed by atoms with Crippen LogP contribution in [-0.4, -0.2) is 24.0 Å². The van der Waals surface area contributed by atoms with Crippen LogP contribution in [0.4, 0.5) is 10.8 Å². The first-order valence-electron chi connectivity index (χ1n) is 8.85. The highest BCUT2D eigenvalue weighted by molar-refractivity contribution is 7.22. The van der Waals surface area contributed by atoms with Gasteiger partial charge in [-0.05, 0) is 43.5 Å². The van der Waals surface area contributed by atoms with Crippen LogP contribution in [0.15, 0.2) is 48.5 Å². The molecular formula is C20H24Cl2N4OS. The van der Waals surface area contributed by atoms with Crippen LogP contribution in [0.5, 0.6) is 0 Å². The number of anilines is 2. The summed E-state index contributed by atoms with van der Waals surface area (Å²) < 4.78 is 1.07. The predicted molar refractivity (Wildman–Crippen MR) is 122 cm³/mol. The molecule has 0 saturated carbocycles. The number of hydrogen-bond acceptors (Lipinski definition) is 5. The maximum absolute atomic E-state index is 12.7. The smallest absolute Gasteiger partial charge is 0.248 e. The van der Waals surface area contributed by atoms with Crippen LogP contribution in [0.3, 0.4) is 0 Å². The maximum atomic E-state index is 12.7. The summed E-state index contributed by atoms with van der Waals surface area (Å²) in [6.07, 6.45) is 2.46. The number of nitrogens with one attached hydrogen (secondary N) is 1. The number of halogens is 2. The lowest BCUT2D eigenvalue weighted by molar-refractivity contribution is -0.120. The molecule has 1 aromatic heterocycles. The SMILES string of the molecule is CC(N)(C(=O)Nc1ccc2nc(N3CCCC3)sc2c1)c1ccccc1.Cl.Cl. The number of carbonyl (C=O) groups is 1. The molecule has 0 bridgehead atoms. The summed E-state index contributed by atoms with van der Waals surface area (Å²) in [5, 5.41) is 4.02. The van der Waals surface area contributed by atoms with Crippen molar-refractivity contribution in [3.8, 4) is 0 Å². The second kappa shape index (κ2) is 9.09. The van der Waals surface area contributed by atoms with Crippen molar-refractivity contribution in [1.29, 1.82) is 0 Å². The number of nitrogens with two attached hydrogens (primary N) is 1. The molecule has 3 aromatic rings. The highest BCUT2D eigenvalue weighted by atomic mass is 35.5. The second-order valence-electron chi connectivity index (χ2n) is 6.90. The first-order chi connectivity index (χ1) is 12.5. The molecule has 0 spiro atoms. The third-order valence-corrected chi connectivity index (χ3v) is 5.94. The van der Waals surface area contributed by atoms with E-state index in [-0.39, 0.29) is 30.7 Å². The van der Waals surface area contributed by atoms with Gasteiger partial charge in [-0.15, -0.1) is 24.8 Å². The van der Waals surface area contributed by atoms with Crippen LogP contribution >= 0.6 is 36.2 Å². The first-order valence-corrected chi connectivity index (χ1v) is 9.67. The van der Waals surface area contributed by atoms with Crippen molar-refractivity contribution >= 4 is 63.1 Å². The zero-order chi connectivity index (χ0) is 18.1. The summed E-state index contributed by atoms with van der Waals surface area (Å²) in [4.78, 5) is 19.8. The van der Waals surface area contributed by atoms with Crippen molar-refractivity contribution in [2.75, 3.05) is 23.3 Å². The number of nitrogens with zero attached hydrogens (tertiary/aromatic N) is 2. The molecule has 2 aromatic carbocycles. The Bertz CT molecular complexity index is 940. The number of carbonyl (C=O) groups excluding carboxylic acids is 1. The molecule has 1 amide bonds. The Kier molecular flexibility index (Phi) is 7.28. The Hall–Kier alpha value is -1.86. The number of benzene rings is 2. The Morgan fingerprint density at radius 3 is 2.50 bits per heavy atom. The van der Waals surface area contributed by atoms with E-state index in [1.165, 1.54) is 12.8 Å². The minimum Gasteiger partial charge on any atom is -0.348 e. The number of fused-ring (bicyclic) bond motifs is 1. The monoisotopic (exact) mass is 438 g/mol. The summed E-state index contributed by atoms with van der Waals surface area (Å²) in [5.41, 5.74) is 7.70. The Morgan fingerprint density at radius 2 is 1.82 bits per heavy atom. The zero-order valence-corrected chi connectivity index (χ0v) is 18.0. The Morgan fingerprint density at radius 1 is 1.14 bits per heavy atom. The van der Waals surface area contributed by atoms with Gasteiger partial charge in [-0.3, -0.25) is 4.79 Å². The number of hydrogen-bond donors (Lipinski definition) is 2. The zero-order valence-electron chi connectivity index (χ0n) is 15.6. The Balaban J connectivity index is 0.00000140. The summed E-state index contributed by atoms with van der Waals surface area (Å²) >= 11 is 1.67. The van der Waals surface area contributed by atoms with Gasteiger partial charge in [0, 0.05) is 18.8 Å². The van der Waals surface area contributed by atoms with Gasteiger partial charge in [0.1, 0.15) is 5.54 Å². The lowest BCUT2D eigenvalue weighted by Crippen LogP contribution is -2.45. The molecule has 1 aliphatic rings. The first kappa shape index (κ1) is 22.4. The number of aromatic nitrogens is 1. The standard InChI is InChI=1S/C20H22N4OS.2ClH/c1-20(21,14-7-3-2-4-8-14)18(25)22-15-9-10-16-17(13-15)26-19(23-16)24-11-5-6-12-24;;/h2-4,7-10,13H,5-6,11-12,21H2,1H3,(H,22,25);2*1H. The van der Waals surface area contributed by atoms with E-state index in [1.54, 1.807) is 18.3 Å². The van der Waals surface area contributed by atoms with E-state index in [9.17, 15) is 4.79 Å². The molecule has 1 unspecified atom stereocenters. The van der Waals surface area contributed by atoms with E-state index in [0.717, 1.165) is 39.7 Å². The maximum Gasteiger partial charge on any atom is 0.248 e. The average molecular weight is 439 g/mol. The van der Waals surface area contributed by atoms with Gasteiger partial charge < -0.3 is 16.0 Å². The van der Waals surface area contributed by atoms with Crippen molar-refractivity contribution in [2.45, 2.75) is 25.3 Å². The van der Waals surface area contributed by atoms with Gasteiger partial charge in [0.15, 0.2) is 5.13 Å². The van der Waals surface area contributed by atoms with Gasteiger partial charge in [0.25, 0.3) is 0 Å². The van der Waals surface area contributed by atoms with Crippen molar-refractivity contribution < 1.29 is 4.79 Å². The molecule has 8 heteroatoms. The molecule has 28 heavy (non-hydrogen) atoms. The fraction of sp³-hybridized carbons (Fsp3) is 0.300. The quantitative estimate of drug-likeness (QED) is 0.626. The fourth-order valence-corrected chi connectivity index (χ4v) is 4.27. The third kappa shape index (κ3) is 4.41.